The summed E-state index contributed by atoms with van der Waals surface area (Å²) in [7, 11) is 3.64. The molecule has 1 amide bonds. The van der Waals surface area contributed by atoms with Crippen LogP contribution in [0.15, 0.2) is 30.6 Å². The van der Waals surface area contributed by atoms with Crippen LogP contribution in [0.2, 0.25) is 5.02 Å². The van der Waals surface area contributed by atoms with Gasteiger partial charge in [0.2, 0.25) is 5.91 Å². The lowest BCUT2D eigenvalue weighted by Crippen LogP contribution is -2.42. The van der Waals surface area contributed by atoms with Crippen LogP contribution in [0.4, 0.5) is 0 Å². The molecule has 0 aliphatic carbocycles. The van der Waals surface area contributed by atoms with Gasteiger partial charge in [-0.25, -0.2) is 0 Å². The van der Waals surface area contributed by atoms with Gasteiger partial charge in [0.15, 0.2) is 0 Å². The van der Waals surface area contributed by atoms with E-state index >= 15 is 0 Å². The molecule has 1 unspecified atom stereocenters. The molecular weight excluding hydrogens is 335 g/mol. The van der Waals surface area contributed by atoms with Crippen LogP contribution in [0, 0.1) is 0 Å². The molecule has 0 bridgehead atoms. The van der Waals surface area contributed by atoms with Crippen LogP contribution in [-0.4, -0.2) is 34.2 Å². The molecule has 1 aliphatic rings. The molecule has 2 aromatic rings. The van der Waals surface area contributed by atoms with Gasteiger partial charge in [0, 0.05) is 36.9 Å². The lowest BCUT2D eigenvalue weighted by molar-refractivity contribution is -0.134. The maximum Gasteiger partial charge on any atom is 0.244 e. The van der Waals surface area contributed by atoms with Crippen LogP contribution in [-0.2, 0) is 24.8 Å². The Morgan fingerprint density at radius 2 is 2.22 bits per heavy atom. The number of nitrogens with one attached hydrogen (secondary N) is 1. The Bertz CT molecular complexity index is 701. The molecule has 0 radical (unpaired) electrons. The Labute approximate surface area is 147 Å². The Morgan fingerprint density at radius 3 is 2.87 bits per heavy atom. The van der Waals surface area contributed by atoms with Crippen molar-refractivity contribution >= 4 is 29.9 Å². The van der Waals surface area contributed by atoms with Crippen molar-refractivity contribution in [1.29, 1.82) is 0 Å². The first-order valence-corrected chi connectivity index (χ1v) is 7.69. The minimum atomic E-state index is -0.366. The van der Waals surface area contributed by atoms with Gasteiger partial charge in [-0.2, -0.15) is 5.10 Å². The van der Waals surface area contributed by atoms with Crippen molar-refractivity contribution in [2.75, 3.05) is 13.6 Å². The lowest BCUT2D eigenvalue weighted by Gasteiger charge is -2.32. The normalized spacial score (nSPS) is 14.8. The predicted molar refractivity (Wildman–Crippen MR) is 92.8 cm³/mol. The van der Waals surface area contributed by atoms with Gasteiger partial charge >= 0.3 is 0 Å². The van der Waals surface area contributed by atoms with E-state index in [9.17, 15) is 4.79 Å². The van der Waals surface area contributed by atoms with Crippen molar-refractivity contribution in [3.63, 3.8) is 0 Å². The van der Waals surface area contributed by atoms with E-state index in [1.54, 1.807) is 17.9 Å². The topological polar surface area (TPSA) is 50.2 Å². The average molecular weight is 355 g/mol. The number of likely N-dealkylation sites (N-methyl/N-ethyl adjacent to an activating group) is 1. The van der Waals surface area contributed by atoms with E-state index in [4.69, 9.17) is 11.6 Å². The summed E-state index contributed by atoms with van der Waals surface area (Å²) in [4.78, 5) is 14.7. The van der Waals surface area contributed by atoms with Crippen molar-refractivity contribution < 1.29 is 4.79 Å². The van der Waals surface area contributed by atoms with E-state index in [2.05, 4.69) is 10.4 Å². The fourth-order valence-electron chi connectivity index (χ4n) is 2.96. The second-order valence-electron chi connectivity index (χ2n) is 5.56. The first-order valence-electron chi connectivity index (χ1n) is 7.31. The van der Waals surface area contributed by atoms with Gasteiger partial charge in [0.05, 0.1) is 6.20 Å². The minimum Gasteiger partial charge on any atom is -0.336 e. The number of carbonyl (C=O) groups is 1. The van der Waals surface area contributed by atoms with Crippen LogP contribution in [0.25, 0.3) is 0 Å². The number of rotatable bonds is 3. The summed E-state index contributed by atoms with van der Waals surface area (Å²) in [6.07, 6.45) is 4.39. The van der Waals surface area contributed by atoms with Gasteiger partial charge in [-0.1, -0.05) is 23.7 Å². The zero-order valence-electron chi connectivity index (χ0n) is 13.1. The molecule has 1 atom stereocenters. The molecular formula is C16H20Cl2N4O. The molecule has 1 aliphatic heterocycles. The molecule has 0 saturated heterocycles. The number of amides is 1. The van der Waals surface area contributed by atoms with Crippen molar-refractivity contribution in [2.24, 2.45) is 7.05 Å². The summed E-state index contributed by atoms with van der Waals surface area (Å²) in [6.45, 7) is 1.29. The van der Waals surface area contributed by atoms with E-state index < -0.39 is 0 Å². The van der Waals surface area contributed by atoms with E-state index in [0.29, 0.717) is 13.1 Å². The minimum absolute atomic E-state index is 0. The van der Waals surface area contributed by atoms with E-state index in [0.717, 1.165) is 28.1 Å². The molecule has 124 valence electrons. The lowest BCUT2D eigenvalue weighted by atomic mass is 9.98. The fraction of sp³-hybridized carbons (Fsp3) is 0.375. The molecule has 1 N–H and O–H groups in total. The Balaban J connectivity index is 0.00000192. The fourth-order valence-corrected chi connectivity index (χ4v) is 3.24. The number of hydrogen-bond acceptors (Lipinski definition) is 3. The highest BCUT2D eigenvalue weighted by Crippen LogP contribution is 2.27. The third kappa shape index (κ3) is 3.52. The van der Waals surface area contributed by atoms with Gasteiger partial charge < -0.3 is 10.2 Å². The second-order valence-corrected chi connectivity index (χ2v) is 5.96. The van der Waals surface area contributed by atoms with Crippen molar-refractivity contribution in [2.45, 2.75) is 19.0 Å². The predicted octanol–water partition coefficient (Wildman–Crippen LogP) is 2.34. The summed E-state index contributed by atoms with van der Waals surface area (Å²) < 4.78 is 1.71. The highest BCUT2D eigenvalue weighted by molar-refractivity contribution is 6.31. The molecule has 0 saturated carbocycles. The maximum atomic E-state index is 12.8. The van der Waals surface area contributed by atoms with Gasteiger partial charge in [-0.05, 0) is 30.7 Å². The number of fused-ring (bicyclic) bond motifs is 1. The highest BCUT2D eigenvalue weighted by atomic mass is 35.5. The monoisotopic (exact) mass is 354 g/mol. The first-order chi connectivity index (χ1) is 10.6. The summed E-state index contributed by atoms with van der Waals surface area (Å²) >= 11 is 6.23. The number of aryl methyl sites for hydroxylation is 1. The quantitative estimate of drug-likeness (QED) is 0.920. The van der Waals surface area contributed by atoms with Gasteiger partial charge in [0.25, 0.3) is 0 Å². The number of halogens is 2. The van der Waals surface area contributed by atoms with Crippen molar-refractivity contribution in [3.05, 3.63) is 52.3 Å². The van der Waals surface area contributed by atoms with E-state index in [1.807, 2.05) is 36.3 Å². The first kappa shape index (κ1) is 17.8. The van der Waals surface area contributed by atoms with Crippen molar-refractivity contribution in [3.8, 4) is 0 Å². The number of nitrogens with zero attached hydrogens (tertiary/aromatic N) is 3. The third-order valence-electron chi connectivity index (χ3n) is 4.11. The average Bonchev–Trinajstić information content (AvgIpc) is 2.94. The smallest absolute Gasteiger partial charge is 0.244 e. The molecule has 2 heterocycles. The molecule has 23 heavy (non-hydrogen) atoms. The van der Waals surface area contributed by atoms with E-state index in [-0.39, 0.29) is 24.4 Å². The maximum absolute atomic E-state index is 12.8. The number of benzene rings is 1. The molecule has 3 rings (SSSR count). The molecule has 5 nitrogen and oxygen atoms in total. The van der Waals surface area contributed by atoms with Crippen LogP contribution >= 0.6 is 24.0 Å². The van der Waals surface area contributed by atoms with Crippen molar-refractivity contribution in [1.82, 2.24) is 20.0 Å². The Kier molecular flexibility index (Phi) is 5.68. The van der Waals surface area contributed by atoms with E-state index in [1.165, 1.54) is 0 Å². The SMILES string of the molecule is CNC(C(=O)N1CCc2c(Cl)cccc2C1)c1cnn(C)c1.Cl. The zero-order valence-corrected chi connectivity index (χ0v) is 14.7. The summed E-state index contributed by atoms with van der Waals surface area (Å²) in [5.41, 5.74) is 3.18. The molecule has 0 spiro atoms. The van der Waals surface area contributed by atoms with Crippen LogP contribution < -0.4 is 5.32 Å². The summed E-state index contributed by atoms with van der Waals surface area (Å²) in [6, 6.07) is 5.52. The molecule has 0 fully saturated rings. The highest BCUT2D eigenvalue weighted by Gasteiger charge is 2.28. The van der Waals surface area contributed by atoms with Crippen LogP contribution in [0.5, 0.6) is 0 Å². The Morgan fingerprint density at radius 1 is 1.43 bits per heavy atom. The van der Waals surface area contributed by atoms with Gasteiger partial charge in [0.1, 0.15) is 6.04 Å². The van der Waals surface area contributed by atoms with Crippen LogP contribution in [0.3, 0.4) is 0 Å². The standard InChI is InChI=1S/C16H19ClN4O.ClH/c1-18-15(12-8-19-20(2)9-12)16(22)21-7-6-13-11(10-21)4-3-5-14(13)17;/h3-5,8-9,15,18H,6-7,10H2,1-2H3;1H. The summed E-state index contributed by atoms with van der Waals surface area (Å²) in [5.74, 6) is 0.0705. The number of carbonyl (C=O) groups excluding carboxylic acids is 1. The summed E-state index contributed by atoms with van der Waals surface area (Å²) in [5, 5.41) is 8.04. The second kappa shape index (κ2) is 7.34. The van der Waals surface area contributed by atoms with Crippen LogP contribution in [0.1, 0.15) is 22.7 Å². The van der Waals surface area contributed by atoms with Gasteiger partial charge in [-0.15, -0.1) is 12.4 Å². The largest absolute Gasteiger partial charge is 0.336 e. The molecule has 1 aromatic heterocycles. The Hall–Kier alpha value is -1.56. The zero-order chi connectivity index (χ0) is 15.7. The number of aromatic nitrogens is 2. The van der Waals surface area contributed by atoms with Gasteiger partial charge in [-0.3, -0.25) is 9.48 Å². The third-order valence-corrected chi connectivity index (χ3v) is 4.47. The molecule has 7 heteroatoms. The molecule has 1 aromatic carbocycles. The number of hydrogen-bond donors (Lipinski definition) is 1.